The number of nitrogens with zero attached hydrogens (tertiary/aromatic N) is 4. The normalized spacial score (nSPS) is 15.4. The van der Waals surface area contributed by atoms with Crippen molar-refractivity contribution in [2.45, 2.75) is 25.4 Å². The van der Waals surface area contributed by atoms with E-state index >= 15 is 0 Å². The fraction of sp³-hybridized carbons (Fsp3) is 0.368. The predicted molar refractivity (Wildman–Crippen MR) is 112 cm³/mol. The Morgan fingerprint density at radius 3 is 2.71 bits per heavy atom. The molecular formula is C19H23N7O5. The summed E-state index contributed by atoms with van der Waals surface area (Å²) in [6, 6.07) is 6.55. The van der Waals surface area contributed by atoms with Gasteiger partial charge in [-0.2, -0.15) is 0 Å². The second-order valence-corrected chi connectivity index (χ2v) is 6.89. The van der Waals surface area contributed by atoms with Crippen molar-refractivity contribution in [1.29, 1.82) is 0 Å². The lowest BCUT2D eigenvalue weighted by molar-refractivity contribution is -0.383. The van der Waals surface area contributed by atoms with Gasteiger partial charge >= 0.3 is 5.69 Å². The number of carbonyl (C=O) groups excluding carboxylic acids is 2. The number of benzene rings is 1. The summed E-state index contributed by atoms with van der Waals surface area (Å²) >= 11 is 0. The Balaban J connectivity index is 1.82. The maximum absolute atomic E-state index is 12.5. The molecule has 4 N–H and O–H groups in total. The van der Waals surface area contributed by atoms with Crippen LogP contribution in [-0.4, -0.2) is 52.9 Å². The summed E-state index contributed by atoms with van der Waals surface area (Å²) in [4.78, 5) is 44.4. The maximum atomic E-state index is 12.5. The number of primary amides is 1. The lowest BCUT2D eigenvalue weighted by atomic mass is 10.2. The summed E-state index contributed by atoms with van der Waals surface area (Å²) in [5, 5.41) is 17.3. The van der Waals surface area contributed by atoms with E-state index < -0.39 is 22.8 Å². The van der Waals surface area contributed by atoms with Gasteiger partial charge < -0.3 is 26.0 Å². The van der Waals surface area contributed by atoms with Gasteiger partial charge in [-0.15, -0.1) is 0 Å². The number of aromatic nitrogens is 2. The Hall–Kier alpha value is -3.96. The summed E-state index contributed by atoms with van der Waals surface area (Å²) < 4.78 is 5.12. The molecule has 164 valence electrons. The van der Waals surface area contributed by atoms with Crippen LogP contribution in [0.4, 0.5) is 17.3 Å². The molecule has 3 rings (SSSR count). The van der Waals surface area contributed by atoms with Crippen LogP contribution in [0, 0.1) is 10.1 Å². The van der Waals surface area contributed by atoms with Crippen molar-refractivity contribution in [3.63, 3.8) is 0 Å². The minimum atomic E-state index is -0.692. The van der Waals surface area contributed by atoms with Crippen LogP contribution in [0.5, 0.6) is 5.75 Å². The maximum Gasteiger partial charge on any atom is 0.353 e. The van der Waals surface area contributed by atoms with Crippen LogP contribution in [0.3, 0.4) is 0 Å². The number of ether oxygens (including phenoxy) is 1. The molecule has 12 heteroatoms. The van der Waals surface area contributed by atoms with Gasteiger partial charge in [0.15, 0.2) is 0 Å². The van der Waals surface area contributed by atoms with E-state index in [-0.39, 0.29) is 23.9 Å². The van der Waals surface area contributed by atoms with Crippen LogP contribution >= 0.6 is 0 Å². The Labute approximate surface area is 177 Å². The molecule has 0 bridgehead atoms. The van der Waals surface area contributed by atoms with Crippen LogP contribution in [0.25, 0.3) is 0 Å². The summed E-state index contributed by atoms with van der Waals surface area (Å²) in [6.07, 6.45) is 2.33. The smallest absolute Gasteiger partial charge is 0.353 e. The van der Waals surface area contributed by atoms with Crippen LogP contribution in [-0.2, 0) is 16.1 Å². The van der Waals surface area contributed by atoms with Gasteiger partial charge in [0.2, 0.25) is 23.5 Å². The number of nitro groups is 1. The van der Waals surface area contributed by atoms with E-state index in [0.717, 1.165) is 5.56 Å². The van der Waals surface area contributed by atoms with E-state index in [4.69, 9.17) is 10.5 Å². The Bertz CT molecular complexity index is 967. The zero-order valence-corrected chi connectivity index (χ0v) is 16.9. The lowest BCUT2D eigenvalue weighted by Gasteiger charge is -2.24. The molecule has 1 saturated heterocycles. The van der Waals surface area contributed by atoms with E-state index in [0.29, 0.717) is 31.7 Å². The van der Waals surface area contributed by atoms with Gasteiger partial charge in [0.05, 0.1) is 18.6 Å². The predicted octanol–water partition coefficient (Wildman–Crippen LogP) is 0.576. The highest BCUT2D eigenvalue weighted by Crippen LogP contribution is 2.36. The molecule has 0 aliphatic carbocycles. The third kappa shape index (κ3) is 5.15. The molecule has 1 aromatic heterocycles. The van der Waals surface area contributed by atoms with Crippen molar-refractivity contribution in [2.24, 2.45) is 5.73 Å². The minimum absolute atomic E-state index is 0.0500. The molecule has 0 spiro atoms. The number of hydrogen-bond acceptors (Lipinski definition) is 9. The van der Waals surface area contributed by atoms with E-state index in [1.165, 1.54) is 6.33 Å². The summed E-state index contributed by atoms with van der Waals surface area (Å²) in [5.41, 5.74) is 5.63. The SMILES string of the molecule is COc1ccc(CNc2ncnc(N3CCCC3C(=O)NCC(N)=O)c2[N+](=O)[O-])cc1. The van der Waals surface area contributed by atoms with Gasteiger partial charge in [0.1, 0.15) is 18.1 Å². The topological polar surface area (TPSA) is 166 Å². The molecule has 2 aromatic rings. The highest BCUT2D eigenvalue weighted by molar-refractivity contribution is 5.90. The number of nitrogens with two attached hydrogens (primary N) is 1. The molecular weight excluding hydrogens is 406 g/mol. The number of amides is 2. The van der Waals surface area contributed by atoms with Crippen LogP contribution in [0.2, 0.25) is 0 Å². The highest BCUT2D eigenvalue weighted by atomic mass is 16.6. The average Bonchev–Trinajstić information content (AvgIpc) is 3.25. The van der Waals surface area contributed by atoms with Gasteiger partial charge in [0, 0.05) is 13.1 Å². The summed E-state index contributed by atoms with van der Waals surface area (Å²) in [5.74, 6) is -0.301. The molecule has 1 aromatic carbocycles. The molecule has 31 heavy (non-hydrogen) atoms. The molecule has 1 aliphatic rings. The molecule has 2 heterocycles. The lowest BCUT2D eigenvalue weighted by Crippen LogP contribution is -2.46. The quantitative estimate of drug-likeness (QED) is 0.381. The number of methoxy groups -OCH3 is 1. The number of nitrogens with one attached hydrogen (secondary N) is 2. The summed E-state index contributed by atoms with van der Waals surface area (Å²) in [7, 11) is 1.57. The third-order valence-electron chi connectivity index (χ3n) is 4.87. The monoisotopic (exact) mass is 429 g/mol. The molecule has 0 saturated carbocycles. The van der Waals surface area contributed by atoms with E-state index in [1.807, 2.05) is 12.1 Å². The Kier molecular flexibility index (Phi) is 6.80. The minimum Gasteiger partial charge on any atom is -0.497 e. The van der Waals surface area contributed by atoms with Gasteiger partial charge in [-0.25, -0.2) is 9.97 Å². The molecule has 2 amide bonds. The first-order valence-electron chi connectivity index (χ1n) is 9.59. The molecule has 1 atom stereocenters. The fourth-order valence-electron chi connectivity index (χ4n) is 3.39. The molecule has 12 nitrogen and oxygen atoms in total. The first-order valence-corrected chi connectivity index (χ1v) is 9.59. The van der Waals surface area contributed by atoms with Crippen LogP contribution < -0.4 is 26.0 Å². The second kappa shape index (κ2) is 9.69. The molecule has 0 radical (unpaired) electrons. The highest BCUT2D eigenvalue weighted by Gasteiger charge is 2.37. The van der Waals surface area contributed by atoms with E-state index in [1.54, 1.807) is 24.1 Å². The van der Waals surface area contributed by atoms with Gasteiger partial charge in [-0.1, -0.05) is 12.1 Å². The number of carbonyl (C=O) groups is 2. The van der Waals surface area contributed by atoms with Crippen molar-refractivity contribution in [1.82, 2.24) is 15.3 Å². The van der Waals surface area contributed by atoms with Crippen LogP contribution in [0.1, 0.15) is 18.4 Å². The number of rotatable bonds is 9. The van der Waals surface area contributed by atoms with Crippen molar-refractivity contribution < 1.29 is 19.2 Å². The Morgan fingerprint density at radius 2 is 2.06 bits per heavy atom. The molecule has 1 unspecified atom stereocenters. The molecule has 1 aliphatic heterocycles. The van der Waals surface area contributed by atoms with E-state index in [2.05, 4.69) is 20.6 Å². The first-order chi connectivity index (χ1) is 14.9. The second-order valence-electron chi connectivity index (χ2n) is 6.89. The fourth-order valence-corrected chi connectivity index (χ4v) is 3.39. The average molecular weight is 429 g/mol. The largest absolute Gasteiger partial charge is 0.497 e. The first kappa shape index (κ1) is 21.7. The number of anilines is 2. The van der Waals surface area contributed by atoms with Crippen LogP contribution in [0.15, 0.2) is 30.6 Å². The molecule has 1 fully saturated rings. The van der Waals surface area contributed by atoms with Gasteiger partial charge in [-0.3, -0.25) is 19.7 Å². The van der Waals surface area contributed by atoms with Gasteiger partial charge in [-0.05, 0) is 30.5 Å². The Morgan fingerprint density at radius 1 is 1.32 bits per heavy atom. The van der Waals surface area contributed by atoms with Crippen molar-refractivity contribution in [3.05, 3.63) is 46.3 Å². The summed E-state index contributed by atoms with van der Waals surface area (Å²) in [6.45, 7) is 0.401. The standard InChI is InChI=1S/C19H23N7O5/c1-31-13-6-4-12(5-7-13)9-21-17-16(26(29)30)18(24-11-23-17)25-8-2-3-14(25)19(28)22-10-15(20)27/h4-7,11,14H,2-3,8-10H2,1H3,(H2,20,27)(H,22,28)(H,21,23,24). The third-order valence-corrected chi connectivity index (χ3v) is 4.87. The van der Waals surface area contributed by atoms with Gasteiger partial charge in [0.25, 0.3) is 0 Å². The van der Waals surface area contributed by atoms with Crippen molar-refractivity contribution in [3.8, 4) is 5.75 Å². The number of hydrogen-bond donors (Lipinski definition) is 3. The van der Waals surface area contributed by atoms with E-state index in [9.17, 15) is 19.7 Å². The van der Waals surface area contributed by atoms with Crippen molar-refractivity contribution >= 4 is 29.1 Å². The van der Waals surface area contributed by atoms with Crippen molar-refractivity contribution in [2.75, 3.05) is 30.4 Å². The zero-order valence-electron chi connectivity index (χ0n) is 16.9. The zero-order chi connectivity index (χ0) is 22.4.